The Hall–Kier alpha value is -1.89. The molecule has 0 unspecified atom stereocenters. The van der Waals surface area contributed by atoms with Gasteiger partial charge in [0.05, 0.1) is 12.8 Å². The molecule has 6 nitrogen and oxygen atoms in total. The number of hydrogen-bond donors (Lipinski definition) is 2. The Kier molecular flexibility index (Phi) is 2.97. The number of hydrogen-bond acceptors (Lipinski definition) is 5. The van der Waals surface area contributed by atoms with Gasteiger partial charge in [-0.15, -0.1) is 0 Å². The van der Waals surface area contributed by atoms with Crippen LogP contribution in [0, 0.1) is 0 Å². The molecule has 0 saturated heterocycles. The molecule has 1 saturated carbocycles. The molecule has 0 spiro atoms. The number of anilines is 1. The van der Waals surface area contributed by atoms with Gasteiger partial charge in [-0.2, -0.15) is 4.37 Å². The second-order valence-electron chi connectivity index (χ2n) is 4.12. The van der Waals surface area contributed by atoms with Crippen LogP contribution in [0.25, 0.3) is 0 Å². The Morgan fingerprint density at radius 2 is 2.44 bits per heavy atom. The molecule has 18 heavy (non-hydrogen) atoms. The average Bonchev–Trinajstić information content (AvgIpc) is 2.90. The summed E-state index contributed by atoms with van der Waals surface area (Å²) in [6.45, 7) is 0.354. The molecule has 0 radical (unpaired) electrons. The largest absolute Gasteiger partial charge is 0.467 e. The van der Waals surface area contributed by atoms with E-state index in [1.807, 2.05) is 0 Å². The van der Waals surface area contributed by atoms with Gasteiger partial charge < -0.3 is 9.73 Å². The summed E-state index contributed by atoms with van der Waals surface area (Å²) >= 11 is 1.21. The summed E-state index contributed by atoms with van der Waals surface area (Å²) in [5, 5.41) is 5.88. The molecule has 2 aromatic heterocycles. The van der Waals surface area contributed by atoms with Crippen molar-refractivity contribution in [2.24, 2.45) is 0 Å². The van der Waals surface area contributed by atoms with Gasteiger partial charge in [0.1, 0.15) is 11.6 Å². The minimum absolute atomic E-state index is 0.301. The van der Waals surface area contributed by atoms with Gasteiger partial charge in [0.2, 0.25) is 5.13 Å². The lowest BCUT2D eigenvalue weighted by molar-refractivity contribution is 0.251. The Bertz CT molecular complexity index is 533. The van der Waals surface area contributed by atoms with Crippen LogP contribution in [0.4, 0.5) is 9.93 Å². The molecule has 1 fully saturated rings. The molecule has 3 rings (SSSR count). The van der Waals surface area contributed by atoms with Crippen LogP contribution in [0.5, 0.6) is 0 Å². The normalized spacial score (nSPS) is 14.4. The van der Waals surface area contributed by atoms with Gasteiger partial charge in [-0.25, -0.2) is 9.78 Å². The first-order valence-electron chi connectivity index (χ1n) is 5.72. The SMILES string of the molecule is O=C(NCc1ccco1)Nc1nc(C2CC2)ns1. The zero-order valence-corrected chi connectivity index (χ0v) is 10.4. The molecule has 0 aliphatic heterocycles. The van der Waals surface area contributed by atoms with Crippen LogP contribution in [-0.4, -0.2) is 15.4 Å². The number of carbonyl (C=O) groups excluding carboxylic acids is 1. The van der Waals surface area contributed by atoms with Crippen molar-refractivity contribution in [3.8, 4) is 0 Å². The third kappa shape index (κ3) is 2.67. The van der Waals surface area contributed by atoms with E-state index in [0.717, 1.165) is 18.7 Å². The van der Waals surface area contributed by atoms with E-state index in [2.05, 4.69) is 20.0 Å². The maximum Gasteiger partial charge on any atom is 0.321 e. The second kappa shape index (κ2) is 4.77. The summed E-state index contributed by atoms with van der Waals surface area (Å²) < 4.78 is 9.32. The first-order chi connectivity index (χ1) is 8.81. The molecule has 0 bridgehead atoms. The van der Waals surface area contributed by atoms with Crippen molar-refractivity contribution in [2.75, 3.05) is 5.32 Å². The number of amides is 2. The summed E-state index contributed by atoms with van der Waals surface area (Å²) in [5.41, 5.74) is 0. The first-order valence-corrected chi connectivity index (χ1v) is 6.49. The average molecular weight is 264 g/mol. The first kappa shape index (κ1) is 11.2. The summed E-state index contributed by atoms with van der Waals surface area (Å²) in [7, 11) is 0. The van der Waals surface area contributed by atoms with Crippen LogP contribution < -0.4 is 10.6 Å². The van der Waals surface area contributed by atoms with E-state index in [1.165, 1.54) is 11.5 Å². The van der Waals surface area contributed by atoms with Crippen molar-refractivity contribution >= 4 is 22.7 Å². The minimum atomic E-state index is -0.301. The summed E-state index contributed by atoms with van der Waals surface area (Å²) in [4.78, 5) is 15.8. The number of nitrogens with zero attached hydrogens (tertiary/aromatic N) is 2. The van der Waals surface area contributed by atoms with Crippen LogP contribution in [0.1, 0.15) is 30.3 Å². The van der Waals surface area contributed by atoms with Crippen molar-refractivity contribution in [1.29, 1.82) is 0 Å². The summed E-state index contributed by atoms with van der Waals surface area (Å²) in [6, 6.07) is 3.28. The number of urea groups is 1. The Balaban J connectivity index is 1.50. The zero-order chi connectivity index (χ0) is 12.4. The Labute approximate surface area is 108 Å². The molecule has 2 N–H and O–H groups in total. The van der Waals surface area contributed by atoms with Gasteiger partial charge >= 0.3 is 6.03 Å². The van der Waals surface area contributed by atoms with Crippen molar-refractivity contribution in [3.05, 3.63) is 30.0 Å². The lowest BCUT2D eigenvalue weighted by atomic mass is 10.4. The molecular weight excluding hydrogens is 252 g/mol. The third-order valence-corrected chi connectivity index (χ3v) is 3.25. The van der Waals surface area contributed by atoms with E-state index >= 15 is 0 Å². The maximum atomic E-state index is 11.6. The highest BCUT2D eigenvalue weighted by Crippen LogP contribution is 2.39. The Morgan fingerprint density at radius 1 is 1.56 bits per heavy atom. The van der Waals surface area contributed by atoms with E-state index in [1.54, 1.807) is 18.4 Å². The van der Waals surface area contributed by atoms with E-state index in [-0.39, 0.29) is 6.03 Å². The fourth-order valence-corrected chi connectivity index (χ4v) is 2.16. The smallest absolute Gasteiger partial charge is 0.321 e. The fourth-order valence-electron chi connectivity index (χ4n) is 1.51. The third-order valence-electron chi connectivity index (χ3n) is 2.61. The van der Waals surface area contributed by atoms with E-state index in [0.29, 0.717) is 23.4 Å². The number of aromatic nitrogens is 2. The summed E-state index contributed by atoms with van der Waals surface area (Å²) in [6.07, 6.45) is 3.88. The van der Waals surface area contributed by atoms with Crippen molar-refractivity contribution < 1.29 is 9.21 Å². The van der Waals surface area contributed by atoms with E-state index in [4.69, 9.17) is 4.42 Å². The quantitative estimate of drug-likeness (QED) is 0.888. The van der Waals surface area contributed by atoms with Crippen LogP contribution in [-0.2, 0) is 6.54 Å². The highest BCUT2D eigenvalue weighted by Gasteiger charge is 2.27. The van der Waals surface area contributed by atoms with Crippen LogP contribution in [0.15, 0.2) is 22.8 Å². The van der Waals surface area contributed by atoms with Crippen molar-refractivity contribution in [3.63, 3.8) is 0 Å². The van der Waals surface area contributed by atoms with Gasteiger partial charge in [-0.1, -0.05) is 0 Å². The van der Waals surface area contributed by atoms with Crippen molar-refractivity contribution in [1.82, 2.24) is 14.7 Å². The second-order valence-corrected chi connectivity index (χ2v) is 4.87. The molecule has 2 amide bonds. The molecular formula is C11H12N4O2S. The number of rotatable bonds is 4. The highest BCUT2D eigenvalue weighted by molar-refractivity contribution is 7.09. The molecule has 94 valence electrons. The monoisotopic (exact) mass is 264 g/mol. The predicted octanol–water partition coefficient (Wildman–Crippen LogP) is 2.33. The maximum absolute atomic E-state index is 11.6. The molecule has 2 heterocycles. The minimum Gasteiger partial charge on any atom is -0.467 e. The van der Waals surface area contributed by atoms with Crippen LogP contribution in [0.3, 0.4) is 0 Å². The highest BCUT2D eigenvalue weighted by atomic mass is 32.1. The molecule has 1 aliphatic carbocycles. The standard InChI is InChI=1S/C11H12N4O2S/c16-10(12-6-8-2-1-5-17-8)14-11-13-9(15-18-11)7-3-4-7/h1-2,5,7H,3-4,6H2,(H2,12,13,14,15,16). The zero-order valence-electron chi connectivity index (χ0n) is 9.55. The number of nitrogens with one attached hydrogen (secondary N) is 2. The molecule has 0 atom stereocenters. The van der Waals surface area contributed by atoms with Gasteiger partial charge in [-0.3, -0.25) is 5.32 Å². The molecule has 2 aromatic rings. The fraction of sp³-hybridized carbons (Fsp3) is 0.364. The lowest BCUT2D eigenvalue weighted by Gasteiger charge is -2.02. The van der Waals surface area contributed by atoms with Crippen molar-refractivity contribution in [2.45, 2.75) is 25.3 Å². The molecule has 0 aromatic carbocycles. The number of furan rings is 1. The van der Waals surface area contributed by atoms with Gasteiger partial charge in [0.25, 0.3) is 0 Å². The van der Waals surface area contributed by atoms with Gasteiger partial charge in [0.15, 0.2) is 0 Å². The number of carbonyl (C=O) groups is 1. The van der Waals surface area contributed by atoms with Gasteiger partial charge in [0, 0.05) is 17.5 Å². The van der Waals surface area contributed by atoms with Crippen LogP contribution in [0.2, 0.25) is 0 Å². The van der Waals surface area contributed by atoms with E-state index < -0.39 is 0 Å². The summed E-state index contributed by atoms with van der Waals surface area (Å²) in [5.74, 6) is 2.06. The van der Waals surface area contributed by atoms with E-state index in [9.17, 15) is 4.79 Å². The molecule has 7 heteroatoms. The predicted molar refractivity (Wildman–Crippen MR) is 66.5 cm³/mol. The van der Waals surface area contributed by atoms with Gasteiger partial charge in [-0.05, 0) is 25.0 Å². The van der Waals surface area contributed by atoms with Crippen LogP contribution >= 0.6 is 11.5 Å². The Morgan fingerprint density at radius 3 is 3.17 bits per heavy atom. The molecule has 1 aliphatic rings. The topological polar surface area (TPSA) is 80.0 Å². The lowest BCUT2D eigenvalue weighted by Crippen LogP contribution is -2.27.